The molecule has 10 heteroatoms. The Morgan fingerprint density at radius 2 is 2.00 bits per heavy atom. The Morgan fingerprint density at radius 3 is 2.77 bits per heavy atom. The smallest absolute Gasteiger partial charge is 0.341 e. The molecule has 0 radical (unpaired) electrons. The van der Waals surface area contributed by atoms with Crippen molar-refractivity contribution in [3.63, 3.8) is 0 Å². The average Bonchev–Trinajstić information content (AvgIpc) is 3.37. The monoisotopic (exact) mass is 458 g/mol. The number of hydrogen-bond acceptors (Lipinski definition) is 9. The van der Waals surface area contributed by atoms with Crippen molar-refractivity contribution in [1.82, 2.24) is 15.2 Å². The molecule has 8 nitrogen and oxygen atoms in total. The van der Waals surface area contributed by atoms with E-state index in [1.165, 1.54) is 11.3 Å². The summed E-state index contributed by atoms with van der Waals surface area (Å²) in [5.41, 5.74) is 2.28. The number of rotatable bonds is 7. The fourth-order valence-electron chi connectivity index (χ4n) is 3.31. The molecular weight excluding hydrogens is 436 g/mol. The summed E-state index contributed by atoms with van der Waals surface area (Å²) in [7, 11) is 0. The number of fused-ring (bicyclic) bond motifs is 1. The van der Waals surface area contributed by atoms with E-state index >= 15 is 0 Å². The van der Waals surface area contributed by atoms with E-state index in [0.717, 1.165) is 53.4 Å². The molecule has 0 saturated heterocycles. The molecule has 0 aliphatic heterocycles. The third kappa shape index (κ3) is 5.13. The van der Waals surface area contributed by atoms with E-state index in [4.69, 9.17) is 9.15 Å². The minimum Gasteiger partial charge on any atom is -0.459 e. The van der Waals surface area contributed by atoms with Gasteiger partial charge >= 0.3 is 5.97 Å². The van der Waals surface area contributed by atoms with Gasteiger partial charge in [-0.3, -0.25) is 9.78 Å². The number of thiophene rings is 1. The lowest BCUT2D eigenvalue weighted by Gasteiger charge is -2.14. The number of carbonyl (C=O) groups excluding carboxylic acids is 2. The van der Waals surface area contributed by atoms with Crippen LogP contribution in [0.5, 0.6) is 0 Å². The van der Waals surface area contributed by atoms with Crippen LogP contribution >= 0.6 is 23.1 Å². The molecule has 3 aromatic rings. The zero-order valence-electron chi connectivity index (χ0n) is 17.2. The first-order valence-electron chi connectivity index (χ1n) is 10.0. The third-order valence-corrected chi connectivity index (χ3v) is 6.66. The van der Waals surface area contributed by atoms with Gasteiger partial charge in [-0.1, -0.05) is 11.8 Å². The Bertz CT molecular complexity index is 1080. The molecule has 0 unspecified atom stereocenters. The van der Waals surface area contributed by atoms with E-state index < -0.39 is 0 Å². The molecule has 0 spiro atoms. The van der Waals surface area contributed by atoms with Gasteiger partial charge < -0.3 is 14.5 Å². The van der Waals surface area contributed by atoms with Gasteiger partial charge in [-0.2, -0.15) is 0 Å². The fraction of sp³-hybridized carbons (Fsp3) is 0.381. The average molecular weight is 459 g/mol. The number of pyridine rings is 1. The zero-order chi connectivity index (χ0) is 21.8. The van der Waals surface area contributed by atoms with E-state index in [2.05, 4.69) is 20.5 Å². The number of anilines is 1. The van der Waals surface area contributed by atoms with Crippen molar-refractivity contribution < 1.29 is 18.7 Å². The zero-order valence-corrected chi connectivity index (χ0v) is 18.8. The van der Waals surface area contributed by atoms with Crippen molar-refractivity contribution in [2.75, 3.05) is 11.1 Å². The fourth-order valence-corrected chi connectivity index (χ4v) is 5.17. The molecule has 0 fully saturated rings. The van der Waals surface area contributed by atoms with Crippen LogP contribution in [0.3, 0.4) is 0 Å². The summed E-state index contributed by atoms with van der Waals surface area (Å²) in [6.45, 7) is 3.63. The number of carbonyl (C=O) groups is 2. The Balaban J connectivity index is 1.43. The van der Waals surface area contributed by atoms with Crippen molar-refractivity contribution >= 4 is 40.0 Å². The first-order chi connectivity index (χ1) is 15.0. The van der Waals surface area contributed by atoms with E-state index in [-0.39, 0.29) is 23.7 Å². The second kappa shape index (κ2) is 9.61. The molecule has 162 valence electrons. The Kier molecular flexibility index (Phi) is 6.67. The lowest BCUT2D eigenvalue weighted by atomic mass is 9.95. The number of amides is 1. The van der Waals surface area contributed by atoms with Gasteiger partial charge in [0, 0.05) is 22.8 Å². The first kappa shape index (κ1) is 21.5. The second-order valence-electron chi connectivity index (χ2n) is 7.31. The van der Waals surface area contributed by atoms with Gasteiger partial charge in [0.25, 0.3) is 5.22 Å². The normalized spacial score (nSPS) is 13.1. The molecule has 4 rings (SSSR count). The van der Waals surface area contributed by atoms with Gasteiger partial charge in [0.2, 0.25) is 11.8 Å². The van der Waals surface area contributed by atoms with Crippen molar-refractivity contribution in [1.29, 1.82) is 0 Å². The maximum atomic E-state index is 12.7. The molecule has 1 amide bonds. The molecule has 0 saturated carbocycles. The first-order valence-corrected chi connectivity index (χ1v) is 11.8. The summed E-state index contributed by atoms with van der Waals surface area (Å²) in [6, 6.07) is 3.54. The van der Waals surface area contributed by atoms with Crippen LogP contribution in [0.4, 0.5) is 5.00 Å². The SMILES string of the molecule is CC(C)OC(=O)c1c(NC(=O)CSc2nnc(-c3ccncc3)o2)sc2c1CCCC2. The van der Waals surface area contributed by atoms with Crippen molar-refractivity contribution in [3.05, 3.63) is 40.5 Å². The Morgan fingerprint density at radius 1 is 1.23 bits per heavy atom. The van der Waals surface area contributed by atoms with Crippen LogP contribution in [0.25, 0.3) is 11.5 Å². The van der Waals surface area contributed by atoms with Gasteiger partial charge in [0.1, 0.15) is 5.00 Å². The number of aromatic nitrogens is 3. The molecule has 1 N–H and O–H groups in total. The Labute approximate surface area is 187 Å². The topological polar surface area (TPSA) is 107 Å². The number of hydrogen-bond donors (Lipinski definition) is 1. The maximum absolute atomic E-state index is 12.7. The number of ether oxygens (including phenoxy) is 1. The number of aryl methyl sites for hydroxylation is 1. The Hall–Kier alpha value is -2.72. The van der Waals surface area contributed by atoms with Gasteiger partial charge in [-0.15, -0.1) is 21.5 Å². The highest BCUT2D eigenvalue weighted by Crippen LogP contribution is 2.39. The van der Waals surface area contributed by atoms with Crippen LogP contribution in [0.2, 0.25) is 0 Å². The van der Waals surface area contributed by atoms with Crippen LogP contribution in [-0.2, 0) is 22.4 Å². The minimum absolute atomic E-state index is 0.0826. The van der Waals surface area contributed by atoms with Gasteiger partial charge in [-0.25, -0.2) is 4.79 Å². The minimum atomic E-state index is -0.378. The summed E-state index contributed by atoms with van der Waals surface area (Å²) in [5, 5.41) is 11.7. The van der Waals surface area contributed by atoms with E-state index in [1.807, 2.05) is 13.8 Å². The maximum Gasteiger partial charge on any atom is 0.341 e. The van der Waals surface area contributed by atoms with Crippen molar-refractivity contribution in [2.45, 2.75) is 50.9 Å². The van der Waals surface area contributed by atoms with Crippen LogP contribution in [0.15, 0.2) is 34.2 Å². The predicted molar refractivity (Wildman–Crippen MR) is 118 cm³/mol. The standard InChI is InChI=1S/C21H22N4O4S2/c1-12(2)28-20(27)17-14-5-3-4-6-15(14)31-19(17)23-16(26)11-30-21-25-24-18(29-21)13-7-9-22-10-8-13/h7-10,12H,3-6,11H2,1-2H3,(H,23,26). The second-order valence-corrected chi connectivity index (χ2v) is 9.35. The van der Waals surface area contributed by atoms with E-state index in [9.17, 15) is 9.59 Å². The number of esters is 1. The highest BCUT2D eigenvalue weighted by Gasteiger charge is 2.28. The molecule has 1 aliphatic carbocycles. The summed E-state index contributed by atoms with van der Waals surface area (Å²) < 4.78 is 11.0. The molecule has 0 aromatic carbocycles. The van der Waals surface area contributed by atoms with Gasteiger partial charge in [0.15, 0.2) is 0 Å². The van der Waals surface area contributed by atoms with Crippen molar-refractivity contribution in [3.8, 4) is 11.5 Å². The molecular formula is C21H22N4O4S2. The predicted octanol–water partition coefficient (Wildman–Crippen LogP) is 4.37. The highest BCUT2D eigenvalue weighted by atomic mass is 32.2. The summed E-state index contributed by atoms with van der Waals surface area (Å²) in [6.07, 6.45) is 6.94. The quantitative estimate of drug-likeness (QED) is 0.411. The molecule has 0 bridgehead atoms. The van der Waals surface area contributed by atoms with E-state index in [0.29, 0.717) is 21.7 Å². The molecule has 3 heterocycles. The van der Waals surface area contributed by atoms with Gasteiger partial charge in [0.05, 0.1) is 17.4 Å². The number of nitrogens with zero attached hydrogens (tertiary/aromatic N) is 3. The summed E-state index contributed by atoms with van der Waals surface area (Å²) in [4.78, 5) is 30.4. The largest absolute Gasteiger partial charge is 0.459 e. The third-order valence-electron chi connectivity index (χ3n) is 4.63. The molecule has 3 aromatic heterocycles. The summed E-state index contributed by atoms with van der Waals surface area (Å²) in [5.74, 6) is -0.170. The highest BCUT2D eigenvalue weighted by molar-refractivity contribution is 7.99. The van der Waals surface area contributed by atoms with Crippen LogP contribution in [-0.4, -0.2) is 38.9 Å². The number of nitrogens with one attached hydrogen (secondary N) is 1. The molecule has 31 heavy (non-hydrogen) atoms. The van der Waals surface area contributed by atoms with Crippen LogP contribution in [0.1, 0.15) is 47.5 Å². The van der Waals surface area contributed by atoms with Crippen molar-refractivity contribution in [2.24, 2.45) is 0 Å². The number of thioether (sulfide) groups is 1. The van der Waals surface area contributed by atoms with Crippen LogP contribution in [0, 0.1) is 0 Å². The molecule has 1 aliphatic rings. The van der Waals surface area contributed by atoms with Crippen LogP contribution < -0.4 is 5.32 Å². The lowest BCUT2D eigenvalue weighted by Crippen LogP contribution is -2.18. The molecule has 0 atom stereocenters. The van der Waals surface area contributed by atoms with Gasteiger partial charge in [-0.05, 0) is 57.2 Å². The van der Waals surface area contributed by atoms with E-state index in [1.54, 1.807) is 24.5 Å². The summed E-state index contributed by atoms with van der Waals surface area (Å²) >= 11 is 2.61. The lowest BCUT2D eigenvalue weighted by molar-refractivity contribution is -0.113.